The largest absolute Gasteiger partial charge is 0.454 e. The first-order valence-electron chi connectivity index (χ1n) is 36.7. The fourth-order valence-electron chi connectivity index (χ4n) is 16.3. The number of fused-ring (bicyclic) bond motifs is 12. The molecule has 0 N–H and O–H groups in total. The highest BCUT2D eigenvalue weighted by atomic mass is 16.3. The van der Waals surface area contributed by atoms with Crippen molar-refractivity contribution < 1.29 is 17.7 Å². The van der Waals surface area contributed by atoms with Crippen molar-refractivity contribution in [3.05, 3.63) is 306 Å². The third-order valence-electron chi connectivity index (χ3n) is 21.6. The van der Waals surface area contributed by atoms with Gasteiger partial charge in [-0.15, -0.1) is 0 Å². The molecule has 105 heavy (non-hydrogen) atoms. The molecule has 12 heteroatoms. The predicted molar refractivity (Wildman–Crippen MR) is 441 cm³/mol. The number of nitrogens with zero attached hydrogens (tertiary/aromatic N) is 8. The van der Waals surface area contributed by atoms with Crippen LogP contribution in [0.15, 0.2) is 280 Å². The zero-order valence-electron chi connectivity index (χ0n) is 62.4. The quantitative estimate of drug-likeness (QED) is 0.145. The Morgan fingerprint density at radius 1 is 0.248 bits per heavy atom. The molecule has 0 spiro atoms. The minimum atomic E-state index is 0.164. The van der Waals surface area contributed by atoms with Gasteiger partial charge in [-0.1, -0.05) is 164 Å². The fourth-order valence-corrected chi connectivity index (χ4v) is 16.3. The Balaban J connectivity index is 0.000000108. The summed E-state index contributed by atoms with van der Waals surface area (Å²) in [5.74, 6) is 0. The number of benzene rings is 11. The van der Waals surface area contributed by atoms with Gasteiger partial charge in [0.1, 0.15) is 47.0 Å². The molecule has 4 aliphatic heterocycles. The van der Waals surface area contributed by atoms with Crippen LogP contribution < -0.4 is 34.3 Å². The van der Waals surface area contributed by atoms with Crippen LogP contribution in [0, 0.1) is 55.4 Å². The Morgan fingerprint density at radius 2 is 0.533 bits per heavy atom. The standard InChI is InChI=1S/2C25H24N2O.C23H20N2O.C20H22N2O/c1-16-8-7-9-17(2)23(16)26-14-15-27(19(26)4)24-18(3)12-13-21-20-10-5-6-11-22(20)28-25(21)24;1-16-13-17(2)15-20(14-16)26-11-12-27(19(26)4)24-18(3)9-10-22-21-7-5-6-8-23(21)28-25(22)24;1-16-12-13-20-19-10-6-7-11-21(19)26-23(20)22(16)25-15-14-24(17(25)2)18-8-4-3-5-9-18;1-13(2)21-11-12-22(15(21)4)19-14(3)9-10-17-16-7-5-6-8-18(16)23-20(17)19/h2*5-15,19H,1-4H3;3-15,17H,1-2H3;5-13,15H,1-4H3/t2*19-;17-;15-/m1111/s1. The molecular weight excluding hydrogens is 1290 g/mol. The molecular formula is C93H90N8O4. The van der Waals surface area contributed by atoms with Gasteiger partial charge in [0.25, 0.3) is 0 Å². The number of para-hydroxylation sites is 6. The molecule has 12 nitrogen and oxygen atoms in total. The maximum absolute atomic E-state index is 6.32. The summed E-state index contributed by atoms with van der Waals surface area (Å²) in [6.45, 7) is 30.6. The van der Waals surface area contributed by atoms with Crippen molar-refractivity contribution in [2.75, 3.05) is 34.3 Å². The second kappa shape index (κ2) is 27.3. The van der Waals surface area contributed by atoms with Crippen LogP contribution in [0.5, 0.6) is 0 Å². The van der Waals surface area contributed by atoms with Crippen LogP contribution >= 0.6 is 0 Å². The summed E-state index contributed by atoms with van der Waals surface area (Å²) in [4.78, 5) is 18.6. The van der Waals surface area contributed by atoms with Gasteiger partial charge in [0.15, 0.2) is 22.3 Å². The highest BCUT2D eigenvalue weighted by Crippen LogP contribution is 2.46. The van der Waals surface area contributed by atoms with E-state index in [1.54, 1.807) is 0 Å². The van der Waals surface area contributed by atoms with Gasteiger partial charge in [-0.25, -0.2) is 0 Å². The van der Waals surface area contributed by atoms with E-state index >= 15 is 0 Å². The molecule has 0 saturated carbocycles. The predicted octanol–water partition coefficient (Wildman–Crippen LogP) is 24.6. The summed E-state index contributed by atoms with van der Waals surface area (Å²) >= 11 is 0. The maximum Gasteiger partial charge on any atom is 0.159 e. The van der Waals surface area contributed by atoms with Gasteiger partial charge < -0.3 is 56.9 Å². The zero-order valence-corrected chi connectivity index (χ0v) is 62.4. The van der Waals surface area contributed by atoms with Crippen molar-refractivity contribution in [2.45, 2.75) is 128 Å². The molecule has 15 aromatic rings. The van der Waals surface area contributed by atoms with E-state index in [0.29, 0.717) is 6.04 Å². The van der Waals surface area contributed by atoms with Crippen molar-refractivity contribution >= 4 is 128 Å². The number of hydrogen-bond donors (Lipinski definition) is 0. The van der Waals surface area contributed by atoms with Crippen LogP contribution in [-0.2, 0) is 0 Å². The number of furan rings is 4. The van der Waals surface area contributed by atoms with E-state index < -0.39 is 0 Å². The van der Waals surface area contributed by atoms with E-state index in [4.69, 9.17) is 17.7 Å². The minimum absolute atomic E-state index is 0.164. The number of rotatable bonds is 8. The summed E-state index contributed by atoms with van der Waals surface area (Å²) in [6, 6.07) is 74.6. The fraction of sp³-hybridized carbons (Fsp3) is 0.204. The summed E-state index contributed by atoms with van der Waals surface area (Å²) in [7, 11) is 0. The zero-order chi connectivity index (χ0) is 72.6. The summed E-state index contributed by atoms with van der Waals surface area (Å²) in [6.07, 6.45) is 18.1. The molecule has 0 bridgehead atoms. The van der Waals surface area contributed by atoms with Gasteiger partial charge in [0.2, 0.25) is 0 Å². The number of anilines is 7. The Kier molecular flexibility index (Phi) is 17.5. The van der Waals surface area contributed by atoms with Gasteiger partial charge in [0.05, 0.1) is 22.7 Å². The lowest BCUT2D eigenvalue weighted by Gasteiger charge is -2.33. The molecule has 8 heterocycles. The first-order chi connectivity index (χ1) is 50.9. The molecule has 11 aromatic carbocycles. The number of aryl methyl sites for hydroxylation is 8. The average molecular weight is 1380 g/mol. The van der Waals surface area contributed by atoms with E-state index in [1.807, 2.05) is 54.6 Å². The van der Waals surface area contributed by atoms with Crippen molar-refractivity contribution in [3.63, 3.8) is 0 Å². The van der Waals surface area contributed by atoms with Crippen LogP contribution in [0.1, 0.15) is 86.1 Å². The second-order valence-corrected chi connectivity index (χ2v) is 28.9. The maximum atomic E-state index is 6.32. The molecule has 19 rings (SSSR count). The Labute approximate surface area is 615 Å². The van der Waals surface area contributed by atoms with Crippen LogP contribution in [0.3, 0.4) is 0 Å². The van der Waals surface area contributed by atoms with Gasteiger partial charge in [-0.2, -0.15) is 0 Å². The van der Waals surface area contributed by atoms with Crippen molar-refractivity contribution in [1.29, 1.82) is 0 Å². The van der Waals surface area contributed by atoms with Crippen LogP contribution in [0.2, 0.25) is 0 Å². The van der Waals surface area contributed by atoms with Gasteiger partial charge in [-0.3, -0.25) is 0 Å². The van der Waals surface area contributed by atoms with Gasteiger partial charge in [-0.05, 0) is 190 Å². The lowest BCUT2D eigenvalue weighted by molar-refractivity contribution is 0.263. The normalized spacial score (nSPS) is 17.0. The summed E-state index contributed by atoms with van der Waals surface area (Å²) < 4.78 is 25.1. The summed E-state index contributed by atoms with van der Waals surface area (Å²) in [5, 5.41) is 9.37. The van der Waals surface area contributed by atoms with Crippen molar-refractivity contribution in [2.24, 2.45) is 0 Å². The molecule has 4 atom stereocenters. The molecule has 0 fully saturated rings. The SMILES string of the molecule is Cc1cc(C)cc(N2C=CN(c3c(C)ccc4c3oc3ccccc34)[C@@H]2C)c1.Cc1ccc2c(oc3ccccc32)c1N1C=CN(C(C)C)[C@H]1C.Cc1ccc2c(oc3ccccc32)c1N1C=CN(c2ccccc2)[C@H]1C.Cc1cccc(C)c1N1C=CN(c2c(C)ccc3c2oc2ccccc23)[C@@H]1C. The highest BCUT2D eigenvalue weighted by molar-refractivity contribution is 6.13. The Bertz CT molecular complexity index is 5910. The molecule has 0 aliphatic carbocycles. The van der Waals surface area contributed by atoms with Crippen molar-refractivity contribution in [3.8, 4) is 0 Å². The first-order valence-corrected chi connectivity index (χ1v) is 36.7. The Hall–Kier alpha value is -12.0. The molecule has 0 saturated heterocycles. The average Bonchev–Trinajstić information content (AvgIpc) is 1.62. The summed E-state index contributed by atoms with van der Waals surface area (Å²) in [5.41, 5.74) is 25.9. The monoisotopic (exact) mass is 1380 g/mol. The smallest absolute Gasteiger partial charge is 0.159 e. The van der Waals surface area contributed by atoms with Crippen molar-refractivity contribution in [1.82, 2.24) is 4.90 Å². The molecule has 526 valence electrons. The minimum Gasteiger partial charge on any atom is -0.454 e. The molecule has 4 aromatic heterocycles. The molecule has 4 aliphatic rings. The second-order valence-electron chi connectivity index (χ2n) is 28.9. The van der Waals surface area contributed by atoms with E-state index in [2.05, 4.69) is 343 Å². The topological polar surface area (TPSA) is 78.5 Å². The highest BCUT2D eigenvalue weighted by Gasteiger charge is 2.34. The third-order valence-corrected chi connectivity index (χ3v) is 21.6. The van der Waals surface area contributed by atoms with E-state index in [0.717, 1.165) is 61.7 Å². The first kappa shape index (κ1) is 67.5. The lowest BCUT2D eigenvalue weighted by Crippen LogP contribution is -2.39. The van der Waals surface area contributed by atoms with E-state index in [9.17, 15) is 0 Å². The van der Waals surface area contributed by atoms with Crippen LogP contribution in [0.4, 0.5) is 39.8 Å². The third kappa shape index (κ3) is 11.9. The molecule has 0 amide bonds. The van der Waals surface area contributed by atoms with Crippen LogP contribution in [-0.4, -0.2) is 35.6 Å². The van der Waals surface area contributed by atoms with Gasteiger partial charge >= 0.3 is 0 Å². The van der Waals surface area contributed by atoms with Gasteiger partial charge in [0, 0.05) is 116 Å². The molecule has 0 unspecified atom stereocenters. The van der Waals surface area contributed by atoms with E-state index in [-0.39, 0.29) is 24.7 Å². The van der Waals surface area contributed by atoms with Crippen LogP contribution in [0.25, 0.3) is 87.8 Å². The molecule has 0 radical (unpaired) electrons. The van der Waals surface area contributed by atoms with E-state index in [1.165, 1.54) is 110 Å². The lowest BCUT2D eigenvalue weighted by atomic mass is 10.1. The number of hydrogen-bond acceptors (Lipinski definition) is 12. The Morgan fingerprint density at radius 3 is 0.886 bits per heavy atom.